The molecule has 102 valence electrons. The van der Waals surface area contributed by atoms with Crippen molar-refractivity contribution in [3.63, 3.8) is 0 Å². The first-order valence-electron chi connectivity index (χ1n) is 4.20. The molecule has 0 atom stereocenters. The van der Waals surface area contributed by atoms with Gasteiger partial charge in [0.1, 0.15) is 28.7 Å². The normalized spacial score (nSPS) is 11.1. The summed E-state index contributed by atoms with van der Waals surface area (Å²) >= 11 is 1.86. The van der Waals surface area contributed by atoms with E-state index in [0.717, 1.165) is 22.7 Å². The summed E-state index contributed by atoms with van der Waals surface area (Å²) < 4.78 is 60.6. The summed E-state index contributed by atoms with van der Waals surface area (Å²) in [4.78, 5) is 0. The van der Waals surface area contributed by atoms with Crippen LogP contribution in [-0.2, 0) is 20.2 Å². The van der Waals surface area contributed by atoms with Crippen molar-refractivity contribution < 1.29 is 25.9 Å². The Morgan fingerprint density at radius 1 is 0.789 bits per heavy atom. The van der Waals surface area contributed by atoms with Crippen LogP contribution in [0.2, 0.25) is 0 Å². The van der Waals surface area contributed by atoms with Crippen LogP contribution in [0.3, 0.4) is 0 Å². The van der Waals surface area contributed by atoms with E-state index in [2.05, 4.69) is 0 Å². The number of hydrogen-bond acceptors (Lipinski definition) is 8. The van der Waals surface area contributed by atoms with Gasteiger partial charge in [0.2, 0.25) is 0 Å². The van der Waals surface area contributed by atoms with Crippen LogP contribution < -0.4 is 0 Å². The van der Waals surface area contributed by atoms with Gasteiger partial charge in [0.05, 0.1) is 0 Å². The standard InChI is InChI=1S/2C4H4O3S2.Pb/c2*5-9(6,7)4-2-1-3-8-4;/h2*1-3H,(H,5,6,7);/q;;+2/p-2. The summed E-state index contributed by atoms with van der Waals surface area (Å²) in [6, 6.07) is 5.62. The molecule has 2 aromatic rings. The molecule has 0 aliphatic carbocycles. The first-order valence-corrected chi connectivity index (χ1v) is 8.77. The second-order valence-electron chi connectivity index (χ2n) is 2.77. The van der Waals surface area contributed by atoms with Gasteiger partial charge in [-0.05, 0) is 22.9 Å². The Balaban J connectivity index is 0.000000324. The molecule has 0 fully saturated rings. The molecule has 2 aromatic heterocycles. The van der Waals surface area contributed by atoms with Crippen molar-refractivity contribution in [2.45, 2.75) is 8.42 Å². The molecule has 0 aliphatic rings. The van der Waals surface area contributed by atoms with Gasteiger partial charge in [-0.3, -0.25) is 0 Å². The van der Waals surface area contributed by atoms with Crippen molar-refractivity contribution in [3.8, 4) is 0 Å². The van der Waals surface area contributed by atoms with E-state index in [4.69, 9.17) is 0 Å². The molecule has 0 unspecified atom stereocenters. The molecule has 0 aromatic carbocycles. The van der Waals surface area contributed by atoms with E-state index in [0.29, 0.717) is 0 Å². The van der Waals surface area contributed by atoms with Gasteiger partial charge in [-0.25, -0.2) is 16.8 Å². The third-order valence-corrected chi connectivity index (χ3v) is 5.87. The average molecular weight is 534 g/mol. The topological polar surface area (TPSA) is 114 Å². The fourth-order valence-electron chi connectivity index (χ4n) is 0.811. The summed E-state index contributed by atoms with van der Waals surface area (Å²) in [6.45, 7) is 0. The van der Waals surface area contributed by atoms with Crippen molar-refractivity contribution in [1.29, 1.82) is 0 Å². The predicted molar refractivity (Wildman–Crippen MR) is 70.3 cm³/mol. The van der Waals surface area contributed by atoms with Crippen molar-refractivity contribution in [3.05, 3.63) is 35.0 Å². The molecule has 0 saturated carbocycles. The Morgan fingerprint density at radius 3 is 1.21 bits per heavy atom. The molecule has 0 aliphatic heterocycles. The third kappa shape index (κ3) is 6.92. The van der Waals surface area contributed by atoms with E-state index < -0.39 is 20.2 Å². The first kappa shape index (κ1) is 19.1. The molecular weight excluding hydrogens is 528 g/mol. The summed E-state index contributed by atoms with van der Waals surface area (Å²) in [5, 5.41) is 3.09. The molecule has 0 amide bonds. The van der Waals surface area contributed by atoms with Crippen LogP contribution in [0, 0.1) is 0 Å². The van der Waals surface area contributed by atoms with Gasteiger partial charge in [-0.1, -0.05) is 12.1 Å². The minimum Gasteiger partial charge on any atom is -0.743 e. The van der Waals surface area contributed by atoms with Crippen LogP contribution in [0.5, 0.6) is 0 Å². The van der Waals surface area contributed by atoms with E-state index in [1.807, 2.05) is 0 Å². The molecule has 0 spiro atoms. The van der Waals surface area contributed by atoms with Crippen LogP contribution >= 0.6 is 22.7 Å². The first-order chi connectivity index (χ1) is 8.21. The quantitative estimate of drug-likeness (QED) is 0.419. The fraction of sp³-hybridized carbons (Fsp3) is 0. The Hall–Kier alpha value is 0.142. The molecule has 19 heavy (non-hydrogen) atoms. The molecule has 0 bridgehead atoms. The molecule has 2 radical (unpaired) electrons. The molecule has 2 heterocycles. The third-order valence-electron chi connectivity index (χ3n) is 1.48. The van der Waals surface area contributed by atoms with Gasteiger partial charge in [0.25, 0.3) is 0 Å². The Labute approximate surface area is 138 Å². The SMILES string of the molecule is O=S(=O)([O-])c1cccs1.O=S(=O)([O-])c1cccs1.[Pb+2]. The zero-order valence-corrected chi connectivity index (χ0v) is 16.2. The van der Waals surface area contributed by atoms with Crippen molar-refractivity contribution in [2.75, 3.05) is 0 Å². The number of thiophene rings is 2. The Bertz CT molecular complexity index is 609. The molecule has 11 heteroatoms. The maximum atomic E-state index is 10.1. The molecule has 0 saturated heterocycles. The summed E-state index contributed by atoms with van der Waals surface area (Å²) in [6.07, 6.45) is 0. The van der Waals surface area contributed by atoms with Gasteiger partial charge in [-0.2, -0.15) is 0 Å². The maximum absolute atomic E-state index is 10.1. The van der Waals surface area contributed by atoms with E-state index in [1.54, 1.807) is 10.8 Å². The smallest absolute Gasteiger partial charge is 0.743 e. The zero-order valence-electron chi connectivity index (χ0n) is 9.05. The van der Waals surface area contributed by atoms with Crippen LogP contribution in [-0.4, -0.2) is 53.2 Å². The molecule has 2 rings (SSSR count). The van der Waals surface area contributed by atoms with E-state index in [1.165, 1.54) is 24.3 Å². The molecule has 6 nitrogen and oxygen atoms in total. The van der Waals surface area contributed by atoms with Crippen molar-refractivity contribution in [1.82, 2.24) is 0 Å². The van der Waals surface area contributed by atoms with Crippen LogP contribution in [0.15, 0.2) is 43.4 Å². The average Bonchev–Trinajstić information content (AvgIpc) is 2.91. The monoisotopic (exact) mass is 534 g/mol. The number of rotatable bonds is 2. The number of hydrogen-bond donors (Lipinski definition) is 0. The van der Waals surface area contributed by atoms with E-state index >= 15 is 0 Å². The summed E-state index contributed by atoms with van der Waals surface area (Å²) in [7, 11) is -8.38. The van der Waals surface area contributed by atoms with Crippen molar-refractivity contribution in [2.24, 2.45) is 0 Å². The van der Waals surface area contributed by atoms with Gasteiger partial charge >= 0.3 is 27.3 Å². The second-order valence-corrected chi connectivity index (χ2v) is 7.88. The zero-order chi connectivity index (χ0) is 13.8. The van der Waals surface area contributed by atoms with E-state index in [-0.39, 0.29) is 35.7 Å². The predicted octanol–water partition coefficient (Wildman–Crippen LogP) is 0.924. The minimum atomic E-state index is -4.19. The van der Waals surface area contributed by atoms with E-state index in [9.17, 15) is 25.9 Å². The summed E-state index contributed by atoms with van der Waals surface area (Å²) in [5.41, 5.74) is 0. The second kappa shape index (κ2) is 7.80. The van der Waals surface area contributed by atoms with Gasteiger partial charge in [-0.15, -0.1) is 22.7 Å². The largest absolute Gasteiger partial charge is 2.00 e. The fourth-order valence-corrected chi connectivity index (χ4v) is 3.47. The maximum Gasteiger partial charge on any atom is 2.00 e. The van der Waals surface area contributed by atoms with Crippen LogP contribution in [0.4, 0.5) is 0 Å². The molecular formula is C8H6O6PbS4. The van der Waals surface area contributed by atoms with Crippen LogP contribution in [0.1, 0.15) is 0 Å². The van der Waals surface area contributed by atoms with Gasteiger partial charge < -0.3 is 9.11 Å². The van der Waals surface area contributed by atoms with Crippen molar-refractivity contribution >= 4 is 70.2 Å². The van der Waals surface area contributed by atoms with Gasteiger partial charge in [0, 0.05) is 0 Å². The van der Waals surface area contributed by atoms with Gasteiger partial charge in [0.15, 0.2) is 0 Å². The molecule has 0 N–H and O–H groups in total. The van der Waals surface area contributed by atoms with Crippen LogP contribution in [0.25, 0.3) is 0 Å². The summed E-state index contributed by atoms with van der Waals surface area (Å²) in [5.74, 6) is 0. The Kier molecular flexibility index (Phi) is 7.86. The Morgan fingerprint density at radius 2 is 1.11 bits per heavy atom. The minimum absolute atomic E-state index is 0.